The van der Waals surface area contributed by atoms with Gasteiger partial charge in [0.2, 0.25) is 0 Å². The van der Waals surface area contributed by atoms with E-state index in [-0.39, 0.29) is 11.3 Å². The molecule has 0 aliphatic carbocycles. The molecule has 0 saturated carbocycles. The molecule has 0 bridgehead atoms. The minimum absolute atomic E-state index is 0.0196. The average Bonchev–Trinajstić information content (AvgIpc) is 3.11. The van der Waals surface area contributed by atoms with Crippen LogP contribution in [0.3, 0.4) is 0 Å². The summed E-state index contributed by atoms with van der Waals surface area (Å²) in [5.41, 5.74) is 2.80. The number of aryl methyl sites for hydroxylation is 1. The van der Waals surface area contributed by atoms with E-state index in [9.17, 15) is 12.8 Å². The van der Waals surface area contributed by atoms with Crippen molar-refractivity contribution in [2.45, 2.75) is 24.3 Å². The molecule has 3 aromatic rings. The second kappa shape index (κ2) is 7.85. The van der Waals surface area contributed by atoms with E-state index in [0.717, 1.165) is 12.7 Å². The zero-order valence-electron chi connectivity index (χ0n) is 16.1. The van der Waals surface area contributed by atoms with E-state index in [1.165, 1.54) is 18.2 Å². The second-order valence-electron chi connectivity index (χ2n) is 7.01. The molecule has 4 nitrogen and oxygen atoms in total. The Labute approximate surface area is 184 Å². The van der Waals surface area contributed by atoms with Crippen LogP contribution in [0.1, 0.15) is 22.8 Å². The lowest BCUT2D eigenvalue weighted by molar-refractivity contribution is 0.235. The summed E-state index contributed by atoms with van der Waals surface area (Å²) in [5.74, 6) is -0.0309. The fourth-order valence-electron chi connectivity index (χ4n) is 3.68. The fraction of sp³-hybridized carbons (Fsp3) is 0.182. The lowest BCUT2D eigenvalue weighted by Crippen LogP contribution is -2.12. The monoisotopic (exact) mass is 466 g/mol. The molecule has 0 amide bonds. The van der Waals surface area contributed by atoms with Gasteiger partial charge in [0.05, 0.1) is 17.2 Å². The smallest absolute Gasteiger partial charge is 0.297 e. The maximum absolute atomic E-state index is 14.4. The van der Waals surface area contributed by atoms with Gasteiger partial charge in [-0.25, -0.2) is 4.39 Å². The average molecular weight is 467 g/mol. The first kappa shape index (κ1) is 21.1. The Morgan fingerprint density at radius 3 is 2.47 bits per heavy atom. The van der Waals surface area contributed by atoms with E-state index in [2.05, 4.69) is 0 Å². The van der Waals surface area contributed by atoms with Crippen molar-refractivity contribution >= 4 is 33.3 Å². The summed E-state index contributed by atoms with van der Waals surface area (Å²) >= 11 is 12.7. The Morgan fingerprint density at radius 2 is 1.80 bits per heavy atom. The molecule has 0 aromatic heterocycles. The first-order valence-corrected chi connectivity index (χ1v) is 11.2. The van der Waals surface area contributed by atoms with Gasteiger partial charge < -0.3 is 4.74 Å². The highest BCUT2D eigenvalue weighted by Gasteiger charge is 2.33. The molecule has 0 N–H and O–H groups in total. The Balaban J connectivity index is 1.86. The van der Waals surface area contributed by atoms with Crippen molar-refractivity contribution in [3.8, 4) is 16.9 Å². The lowest BCUT2D eigenvalue weighted by Gasteiger charge is -2.17. The van der Waals surface area contributed by atoms with E-state index in [1.54, 1.807) is 30.3 Å². The number of hydrogen-bond donors (Lipinski definition) is 0. The van der Waals surface area contributed by atoms with Gasteiger partial charge in [-0.05, 0) is 37.3 Å². The molecule has 30 heavy (non-hydrogen) atoms. The van der Waals surface area contributed by atoms with Crippen LogP contribution < -0.4 is 4.74 Å². The first-order chi connectivity index (χ1) is 14.2. The molecule has 1 atom stereocenters. The molecule has 156 valence electrons. The van der Waals surface area contributed by atoms with Crippen LogP contribution >= 0.6 is 23.2 Å². The van der Waals surface area contributed by atoms with Crippen molar-refractivity contribution in [2.24, 2.45) is 0 Å². The number of rotatable bonds is 4. The molecular weight excluding hydrogens is 450 g/mol. The number of hydrogen-bond acceptors (Lipinski definition) is 4. The van der Waals surface area contributed by atoms with Crippen molar-refractivity contribution in [3.05, 3.63) is 81.1 Å². The molecule has 1 aliphatic heterocycles. The van der Waals surface area contributed by atoms with Gasteiger partial charge in [-0.15, -0.1) is 0 Å². The maximum Gasteiger partial charge on any atom is 0.297 e. The highest BCUT2D eigenvalue weighted by Crippen LogP contribution is 2.48. The fourth-order valence-corrected chi connectivity index (χ4v) is 5.17. The molecule has 1 unspecified atom stereocenters. The molecule has 8 heteroatoms. The standard InChI is InChI=1S/C22H17Cl2FO4S/c1-12-6-7-20(30(26,27)28-2)15(8-12)19-10-13-9-14(25)11-16(22(13)29-19)21-17(23)4-3-5-18(21)24/h3-9,11,19H,10H2,1-2H3. The highest BCUT2D eigenvalue weighted by molar-refractivity contribution is 7.86. The largest absolute Gasteiger partial charge is 0.484 e. The van der Waals surface area contributed by atoms with Crippen LogP contribution in [0.15, 0.2) is 53.4 Å². The van der Waals surface area contributed by atoms with Crippen molar-refractivity contribution in [1.82, 2.24) is 0 Å². The molecule has 1 aliphatic rings. The predicted molar refractivity (Wildman–Crippen MR) is 114 cm³/mol. The topological polar surface area (TPSA) is 52.6 Å². The SMILES string of the molecule is COS(=O)(=O)c1ccc(C)cc1C1Cc2cc(F)cc(-c3c(Cl)cccc3Cl)c2O1. The molecular formula is C22H17Cl2FO4S. The summed E-state index contributed by atoms with van der Waals surface area (Å²) in [6.07, 6.45) is -0.348. The Hall–Kier alpha value is -2.12. The molecule has 3 aromatic carbocycles. The van der Waals surface area contributed by atoms with Crippen molar-refractivity contribution in [3.63, 3.8) is 0 Å². The third kappa shape index (κ3) is 3.69. The maximum atomic E-state index is 14.4. The molecule has 0 fully saturated rings. The van der Waals surface area contributed by atoms with Crippen LogP contribution in [0.4, 0.5) is 4.39 Å². The first-order valence-electron chi connectivity index (χ1n) is 9.06. The highest BCUT2D eigenvalue weighted by atomic mass is 35.5. The normalized spacial score (nSPS) is 15.7. The summed E-state index contributed by atoms with van der Waals surface area (Å²) in [6, 6.07) is 12.6. The Kier molecular flexibility index (Phi) is 5.53. The molecule has 0 saturated heterocycles. The lowest BCUT2D eigenvalue weighted by atomic mass is 9.98. The Bertz CT molecular complexity index is 1240. The number of benzene rings is 3. The van der Waals surface area contributed by atoms with Gasteiger partial charge in [0.1, 0.15) is 22.6 Å². The van der Waals surface area contributed by atoms with Gasteiger partial charge in [-0.3, -0.25) is 4.18 Å². The van der Waals surface area contributed by atoms with Crippen LogP contribution in [-0.2, 0) is 20.7 Å². The summed E-state index contributed by atoms with van der Waals surface area (Å²) in [6.45, 7) is 1.85. The van der Waals surface area contributed by atoms with Gasteiger partial charge >= 0.3 is 0 Å². The van der Waals surface area contributed by atoms with Crippen LogP contribution in [0.2, 0.25) is 10.0 Å². The van der Waals surface area contributed by atoms with Crippen LogP contribution in [0.5, 0.6) is 5.75 Å². The minimum Gasteiger partial charge on any atom is -0.484 e. The summed E-state index contributed by atoms with van der Waals surface area (Å²) in [7, 11) is -2.84. The van der Waals surface area contributed by atoms with E-state index in [0.29, 0.717) is 38.0 Å². The summed E-state index contributed by atoms with van der Waals surface area (Å²) < 4.78 is 50.2. The summed E-state index contributed by atoms with van der Waals surface area (Å²) in [5, 5.41) is 0.723. The van der Waals surface area contributed by atoms with E-state index < -0.39 is 22.0 Å². The predicted octanol–water partition coefficient (Wildman–Crippen LogP) is 6.12. The van der Waals surface area contributed by atoms with Gasteiger partial charge in [0, 0.05) is 28.7 Å². The molecule has 1 heterocycles. The quantitative estimate of drug-likeness (QED) is 0.434. The van der Waals surface area contributed by atoms with Gasteiger partial charge in [-0.2, -0.15) is 8.42 Å². The van der Waals surface area contributed by atoms with E-state index in [1.807, 2.05) is 6.92 Å². The number of halogens is 3. The van der Waals surface area contributed by atoms with Crippen LogP contribution in [-0.4, -0.2) is 15.5 Å². The second-order valence-corrected chi connectivity index (χ2v) is 9.51. The third-order valence-electron chi connectivity index (χ3n) is 5.03. The van der Waals surface area contributed by atoms with Crippen LogP contribution in [0, 0.1) is 12.7 Å². The number of ether oxygens (including phenoxy) is 1. The van der Waals surface area contributed by atoms with Gasteiger partial charge in [0.25, 0.3) is 10.1 Å². The van der Waals surface area contributed by atoms with Crippen molar-refractivity contribution in [2.75, 3.05) is 7.11 Å². The van der Waals surface area contributed by atoms with Crippen molar-refractivity contribution in [1.29, 1.82) is 0 Å². The molecule has 0 spiro atoms. The molecule has 0 radical (unpaired) electrons. The van der Waals surface area contributed by atoms with E-state index >= 15 is 0 Å². The summed E-state index contributed by atoms with van der Waals surface area (Å²) in [4.78, 5) is 0.0196. The zero-order chi connectivity index (χ0) is 21.6. The van der Waals surface area contributed by atoms with Gasteiger partial charge in [-0.1, -0.05) is 47.0 Å². The molecule has 4 rings (SSSR count). The van der Waals surface area contributed by atoms with Crippen molar-refractivity contribution < 1.29 is 21.7 Å². The van der Waals surface area contributed by atoms with Crippen LogP contribution in [0.25, 0.3) is 11.1 Å². The zero-order valence-corrected chi connectivity index (χ0v) is 18.4. The van der Waals surface area contributed by atoms with Gasteiger partial charge in [0.15, 0.2) is 0 Å². The Morgan fingerprint density at radius 1 is 1.10 bits per heavy atom. The van der Waals surface area contributed by atoms with E-state index in [4.69, 9.17) is 32.1 Å². The number of fused-ring (bicyclic) bond motifs is 1. The minimum atomic E-state index is -3.95. The third-order valence-corrected chi connectivity index (χ3v) is 7.01.